The summed E-state index contributed by atoms with van der Waals surface area (Å²) in [4.78, 5) is 36.7. The summed E-state index contributed by atoms with van der Waals surface area (Å²) in [6, 6.07) is 9.34. The first-order valence-electron chi connectivity index (χ1n) is 5.67. The first-order valence-corrected chi connectivity index (χ1v) is 5.67. The maximum Gasteiger partial charge on any atom is 0.255 e. The molecule has 1 aromatic carbocycles. The Morgan fingerprint density at radius 2 is 1.89 bits per heavy atom. The summed E-state index contributed by atoms with van der Waals surface area (Å²) in [5.74, 6) is -0.473. The number of nitrogens with one attached hydrogen (secondary N) is 2. The highest BCUT2D eigenvalue weighted by Crippen LogP contribution is 2.12. The Morgan fingerprint density at radius 3 is 2.58 bits per heavy atom. The minimum absolute atomic E-state index is 0.0766. The number of hydrogen-bond donors (Lipinski definition) is 2. The van der Waals surface area contributed by atoms with Gasteiger partial charge in [-0.1, -0.05) is 12.1 Å². The monoisotopic (exact) mass is 256 g/mol. The lowest BCUT2D eigenvalue weighted by atomic mass is 10.1. The number of aromatic nitrogens is 1. The SMILES string of the molecule is CC(=O)c1cccc(NC(=O)c2cc[nH]c(=O)c2)c1. The third-order valence-corrected chi connectivity index (χ3v) is 2.56. The lowest BCUT2D eigenvalue weighted by molar-refractivity contribution is 0.101. The summed E-state index contributed by atoms with van der Waals surface area (Å²) in [6.45, 7) is 1.46. The van der Waals surface area contributed by atoms with Crippen LogP contribution < -0.4 is 10.9 Å². The molecule has 0 aliphatic rings. The summed E-state index contributed by atoms with van der Waals surface area (Å²) in [6.07, 6.45) is 1.41. The fourth-order valence-electron chi connectivity index (χ4n) is 1.61. The molecule has 1 amide bonds. The molecule has 0 aliphatic heterocycles. The number of benzene rings is 1. The van der Waals surface area contributed by atoms with E-state index in [2.05, 4.69) is 10.3 Å². The van der Waals surface area contributed by atoms with E-state index < -0.39 is 5.91 Å². The van der Waals surface area contributed by atoms with E-state index in [0.717, 1.165) is 0 Å². The molecule has 2 rings (SSSR count). The zero-order chi connectivity index (χ0) is 13.8. The first-order chi connectivity index (χ1) is 9.06. The van der Waals surface area contributed by atoms with Crippen LogP contribution in [0.15, 0.2) is 47.4 Å². The summed E-state index contributed by atoms with van der Waals surface area (Å²) >= 11 is 0. The predicted molar refractivity (Wildman–Crippen MR) is 71.5 cm³/mol. The molecule has 19 heavy (non-hydrogen) atoms. The van der Waals surface area contributed by atoms with Crippen LogP contribution >= 0.6 is 0 Å². The van der Waals surface area contributed by atoms with Crippen LogP contribution in [0.3, 0.4) is 0 Å². The van der Waals surface area contributed by atoms with Gasteiger partial charge in [-0.2, -0.15) is 0 Å². The number of carbonyl (C=O) groups is 2. The lowest BCUT2D eigenvalue weighted by Crippen LogP contribution is -2.15. The van der Waals surface area contributed by atoms with Crippen LogP contribution in [0.4, 0.5) is 5.69 Å². The van der Waals surface area contributed by atoms with Gasteiger partial charge in [-0.25, -0.2) is 0 Å². The summed E-state index contributed by atoms with van der Waals surface area (Å²) in [5, 5.41) is 2.64. The van der Waals surface area contributed by atoms with Gasteiger partial charge in [-0.3, -0.25) is 14.4 Å². The number of pyridine rings is 1. The van der Waals surface area contributed by atoms with Gasteiger partial charge in [0.1, 0.15) is 0 Å². The third kappa shape index (κ3) is 3.16. The first kappa shape index (κ1) is 12.8. The maximum atomic E-state index is 11.9. The fourth-order valence-corrected chi connectivity index (χ4v) is 1.61. The Labute approximate surface area is 109 Å². The van der Waals surface area contributed by atoms with Crippen molar-refractivity contribution in [2.24, 2.45) is 0 Å². The molecule has 0 fully saturated rings. The standard InChI is InChI=1S/C14H12N2O3/c1-9(17)10-3-2-4-12(7-10)16-14(19)11-5-6-15-13(18)8-11/h2-8H,1H3,(H,15,18)(H,16,19). The van der Waals surface area contributed by atoms with Gasteiger partial charge in [0.05, 0.1) is 0 Å². The Bertz CT molecular complexity index is 689. The molecule has 5 nitrogen and oxygen atoms in total. The van der Waals surface area contributed by atoms with Crippen LogP contribution in [-0.4, -0.2) is 16.7 Å². The van der Waals surface area contributed by atoms with Crippen molar-refractivity contribution in [1.29, 1.82) is 0 Å². The molecule has 1 heterocycles. The molecule has 0 unspecified atom stereocenters. The summed E-state index contributed by atoms with van der Waals surface area (Å²) < 4.78 is 0. The molecular weight excluding hydrogens is 244 g/mol. The molecule has 0 saturated heterocycles. The van der Waals surface area contributed by atoms with Gasteiger partial charge < -0.3 is 10.3 Å². The van der Waals surface area contributed by atoms with Crippen molar-refractivity contribution in [2.75, 3.05) is 5.32 Å². The zero-order valence-electron chi connectivity index (χ0n) is 10.3. The molecular formula is C14H12N2O3. The molecule has 0 atom stereocenters. The fraction of sp³-hybridized carbons (Fsp3) is 0.0714. The Morgan fingerprint density at radius 1 is 1.11 bits per heavy atom. The van der Waals surface area contributed by atoms with E-state index >= 15 is 0 Å². The van der Waals surface area contributed by atoms with E-state index in [1.165, 1.54) is 25.3 Å². The van der Waals surface area contributed by atoms with E-state index in [0.29, 0.717) is 11.3 Å². The van der Waals surface area contributed by atoms with Gasteiger partial charge in [0, 0.05) is 29.1 Å². The Balaban J connectivity index is 2.22. The average Bonchev–Trinajstić information content (AvgIpc) is 2.39. The smallest absolute Gasteiger partial charge is 0.255 e. The van der Waals surface area contributed by atoms with E-state index in [9.17, 15) is 14.4 Å². The van der Waals surface area contributed by atoms with Gasteiger partial charge in [0.2, 0.25) is 5.56 Å². The molecule has 0 spiro atoms. The van der Waals surface area contributed by atoms with E-state index in [1.54, 1.807) is 24.3 Å². The number of Topliss-reactive ketones (excluding diaryl/α,β-unsaturated/α-hetero) is 1. The average molecular weight is 256 g/mol. The van der Waals surface area contributed by atoms with Crippen LogP contribution in [0.5, 0.6) is 0 Å². The highest BCUT2D eigenvalue weighted by Gasteiger charge is 2.07. The molecule has 96 valence electrons. The number of anilines is 1. The van der Waals surface area contributed by atoms with Gasteiger partial charge in [-0.05, 0) is 25.1 Å². The molecule has 2 N–H and O–H groups in total. The van der Waals surface area contributed by atoms with Crippen molar-refractivity contribution in [1.82, 2.24) is 4.98 Å². The van der Waals surface area contributed by atoms with Crippen molar-refractivity contribution in [3.05, 3.63) is 64.1 Å². The van der Waals surface area contributed by atoms with Gasteiger partial charge in [0.25, 0.3) is 5.91 Å². The molecule has 5 heteroatoms. The van der Waals surface area contributed by atoms with E-state index in [4.69, 9.17) is 0 Å². The second-order valence-electron chi connectivity index (χ2n) is 4.03. The van der Waals surface area contributed by atoms with Gasteiger partial charge in [0.15, 0.2) is 5.78 Å². The molecule has 0 aliphatic carbocycles. The number of carbonyl (C=O) groups excluding carboxylic acids is 2. The van der Waals surface area contributed by atoms with E-state index in [-0.39, 0.29) is 16.9 Å². The van der Waals surface area contributed by atoms with Crippen molar-refractivity contribution >= 4 is 17.4 Å². The van der Waals surface area contributed by atoms with Crippen molar-refractivity contribution < 1.29 is 9.59 Å². The largest absolute Gasteiger partial charge is 0.329 e. The topological polar surface area (TPSA) is 79.0 Å². The van der Waals surface area contributed by atoms with Crippen LogP contribution in [-0.2, 0) is 0 Å². The van der Waals surface area contributed by atoms with Gasteiger partial charge >= 0.3 is 0 Å². The molecule has 0 radical (unpaired) electrons. The number of aromatic amines is 1. The number of H-pyrrole nitrogens is 1. The summed E-state index contributed by atoms with van der Waals surface area (Å²) in [7, 11) is 0. The second-order valence-corrected chi connectivity index (χ2v) is 4.03. The Hall–Kier alpha value is -2.69. The quantitative estimate of drug-likeness (QED) is 0.822. The van der Waals surface area contributed by atoms with E-state index in [1.807, 2.05) is 0 Å². The highest BCUT2D eigenvalue weighted by molar-refractivity contribution is 6.05. The van der Waals surface area contributed by atoms with Crippen LogP contribution in [0, 0.1) is 0 Å². The maximum absolute atomic E-state index is 11.9. The predicted octanol–water partition coefficient (Wildman–Crippen LogP) is 1.83. The molecule has 0 saturated carbocycles. The summed E-state index contributed by atoms with van der Waals surface area (Å²) in [5.41, 5.74) is 0.948. The van der Waals surface area contributed by atoms with Crippen molar-refractivity contribution in [2.45, 2.75) is 6.92 Å². The van der Waals surface area contributed by atoms with Crippen LogP contribution in [0.25, 0.3) is 0 Å². The van der Waals surface area contributed by atoms with Crippen molar-refractivity contribution in [3.8, 4) is 0 Å². The van der Waals surface area contributed by atoms with Crippen LogP contribution in [0.2, 0.25) is 0 Å². The number of ketones is 1. The lowest BCUT2D eigenvalue weighted by Gasteiger charge is -2.06. The zero-order valence-corrected chi connectivity index (χ0v) is 10.3. The molecule has 2 aromatic rings. The normalized spacial score (nSPS) is 9.95. The molecule has 1 aromatic heterocycles. The number of amides is 1. The van der Waals surface area contributed by atoms with Crippen LogP contribution in [0.1, 0.15) is 27.6 Å². The van der Waals surface area contributed by atoms with Crippen molar-refractivity contribution in [3.63, 3.8) is 0 Å². The second kappa shape index (κ2) is 5.30. The minimum Gasteiger partial charge on any atom is -0.329 e. The van der Waals surface area contributed by atoms with Gasteiger partial charge in [-0.15, -0.1) is 0 Å². The third-order valence-electron chi connectivity index (χ3n) is 2.56. The highest BCUT2D eigenvalue weighted by atomic mass is 16.2. The minimum atomic E-state index is -0.396. The molecule has 0 bridgehead atoms. The number of hydrogen-bond acceptors (Lipinski definition) is 3. The Kier molecular flexibility index (Phi) is 3.56. The number of rotatable bonds is 3.